The van der Waals surface area contributed by atoms with Crippen molar-refractivity contribution in [2.45, 2.75) is 44.1 Å². The Bertz CT molecular complexity index is 995. The van der Waals surface area contributed by atoms with Crippen LogP contribution in [0.4, 0.5) is 26.4 Å². The summed E-state index contributed by atoms with van der Waals surface area (Å²) in [5.41, 5.74) is 6.54. The van der Waals surface area contributed by atoms with Gasteiger partial charge in [0.1, 0.15) is 11.4 Å². The van der Waals surface area contributed by atoms with E-state index in [0.717, 1.165) is 25.2 Å². The maximum atomic E-state index is 12.8. The highest BCUT2D eigenvalue weighted by atomic mass is 19.3. The van der Waals surface area contributed by atoms with Gasteiger partial charge >= 0.3 is 6.61 Å². The van der Waals surface area contributed by atoms with Gasteiger partial charge in [-0.05, 0) is 25.8 Å². The minimum atomic E-state index is -3.00. The molecule has 172 valence electrons. The third-order valence-corrected chi connectivity index (χ3v) is 6.40. The molecule has 0 amide bonds. The molecule has 0 radical (unpaired) electrons. The SMILES string of the molecule is COC1(C)CN(c2nc(-c3cnc(N)c(OC(F)F)c3)cc(N3C[C@@H]4CC[C@H]3CO4)n2)C1. The summed E-state index contributed by atoms with van der Waals surface area (Å²) in [5.74, 6) is 1.05. The average Bonchev–Trinajstić information content (AvgIpc) is 2.78. The minimum absolute atomic E-state index is 0.104. The van der Waals surface area contributed by atoms with Gasteiger partial charge in [0.25, 0.3) is 0 Å². The number of nitrogens with zero attached hydrogens (tertiary/aromatic N) is 5. The van der Waals surface area contributed by atoms with Crippen LogP contribution in [0.25, 0.3) is 11.3 Å². The maximum absolute atomic E-state index is 12.8. The van der Waals surface area contributed by atoms with Gasteiger partial charge in [-0.2, -0.15) is 13.8 Å². The van der Waals surface area contributed by atoms with Crippen LogP contribution < -0.4 is 20.3 Å². The molecule has 2 atom stereocenters. The Kier molecular flexibility index (Phi) is 5.25. The number of anilines is 3. The molecule has 0 aliphatic carbocycles. The van der Waals surface area contributed by atoms with Crippen LogP contribution in [0.2, 0.25) is 0 Å². The molecule has 0 unspecified atom stereocenters. The molecule has 4 aliphatic rings. The molecule has 2 aromatic heterocycles. The summed E-state index contributed by atoms with van der Waals surface area (Å²) in [7, 11) is 1.69. The molecule has 4 aliphatic heterocycles. The molecule has 9 nitrogen and oxygen atoms in total. The second-order valence-electron chi connectivity index (χ2n) is 8.75. The Balaban J connectivity index is 1.53. The average molecular weight is 448 g/mol. The number of rotatable bonds is 6. The first-order chi connectivity index (χ1) is 15.3. The number of ether oxygens (including phenoxy) is 3. The van der Waals surface area contributed by atoms with Crippen LogP contribution in [0.15, 0.2) is 18.3 Å². The Morgan fingerprint density at radius 2 is 2.06 bits per heavy atom. The van der Waals surface area contributed by atoms with Crippen molar-refractivity contribution < 1.29 is 23.0 Å². The topological polar surface area (TPSA) is 98.9 Å². The third-order valence-electron chi connectivity index (χ3n) is 6.40. The summed E-state index contributed by atoms with van der Waals surface area (Å²) in [6.45, 7) is 1.77. The first kappa shape index (κ1) is 21.1. The van der Waals surface area contributed by atoms with Gasteiger partial charge < -0.3 is 29.7 Å². The van der Waals surface area contributed by atoms with Gasteiger partial charge in [-0.25, -0.2) is 9.97 Å². The van der Waals surface area contributed by atoms with Crippen LogP contribution in [0.5, 0.6) is 5.75 Å². The fourth-order valence-electron chi connectivity index (χ4n) is 4.51. The zero-order valence-corrected chi connectivity index (χ0v) is 18.0. The largest absolute Gasteiger partial charge is 0.431 e. The van der Waals surface area contributed by atoms with E-state index >= 15 is 0 Å². The highest BCUT2D eigenvalue weighted by Crippen LogP contribution is 2.36. The Morgan fingerprint density at radius 3 is 2.69 bits per heavy atom. The number of hydrogen-bond donors (Lipinski definition) is 1. The number of pyridine rings is 1. The monoisotopic (exact) mass is 448 g/mol. The molecular formula is C21H26F2N6O3. The summed E-state index contributed by atoms with van der Waals surface area (Å²) < 4.78 is 41.5. The summed E-state index contributed by atoms with van der Waals surface area (Å²) in [4.78, 5) is 17.9. The Labute approximate surface area is 184 Å². The van der Waals surface area contributed by atoms with E-state index in [1.54, 1.807) is 7.11 Å². The van der Waals surface area contributed by atoms with E-state index in [9.17, 15) is 8.78 Å². The number of methoxy groups -OCH3 is 1. The second-order valence-corrected chi connectivity index (χ2v) is 8.75. The lowest BCUT2D eigenvalue weighted by molar-refractivity contribution is -0.0494. The number of fused-ring (bicyclic) bond motifs is 3. The van der Waals surface area contributed by atoms with Crippen LogP contribution >= 0.6 is 0 Å². The van der Waals surface area contributed by atoms with E-state index in [0.29, 0.717) is 36.9 Å². The van der Waals surface area contributed by atoms with Gasteiger partial charge in [0.05, 0.1) is 37.5 Å². The number of nitrogen functional groups attached to an aromatic ring is 1. The molecular weight excluding hydrogens is 422 g/mol. The van der Waals surface area contributed by atoms with E-state index in [2.05, 4.69) is 14.6 Å². The molecule has 2 aromatic rings. The summed E-state index contributed by atoms with van der Waals surface area (Å²) in [5, 5.41) is 0. The summed E-state index contributed by atoms with van der Waals surface area (Å²) in [6, 6.07) is 3.54. The quantitative estimate of drug-likeness (QED) is 0.714. The number of hydrogen-bond acceptors (Lipinski definition) is 9. The van der Waals surface area contributed by atoms with Crippen molar-refractivity contribution in [3.63, 3.8) is 0 Å². The van der Waals surface area contributed by atoms with Gasteiger partial charge in [-0.15, -0.1) is 0 Å². The minimum Gasteiger partial charge on any atom is -0.431 e. The van der Waals surface area contributed by atoms with E-state index in [1.165, 1.54) is 12.3 Å². The number of halogens is 2. The number of morpholine rings is 1. The summed E-state index contributed by atoms with van der Waals surface area (Å²) >= 11 is 0. The number of aromatic nitrogens is 3. The molecule has 0 spiro atoms. The van der Waals surface area contributed by atoms with Crippen molar-refractivity contribution in [3.8, 4) is 17.0 Å². The lowest BCUT2D eigenvalue weighted by Gasteiger charge is -2.48. The highest BCUT2D eigenvalue weighted by Gasteiger charge is 2.41. The molecule has 4 fully saturated rings. The molecule has 11 heteroatoms. The number of nitrogens with two attached hydrogens (primary N) is 1. The summed E-state index contributed by atoms with van der Waals surface area (Å²) in [6.07, 6.45) is 3.78. The second kappa shape index (κ2) is 7.96. The molecule has 6 rings (SSSR count). The predicted molar refractivity (Wildman–Crippen MR) is 114 cm³/mol. The third kappa shape index (κ3) is 3.90. The van der Waals surface area contributed by atoms with Gasteiger partial charge in [-0.1, -0.05) is 0 Å². The Hall–Kier alpha value is -2.79. The zero-order chi connectivity index (χ0) is 22.5. The van der Waals surface area contributed by atoms with E-state index in [4.69, 9.17) is 25.2 Å². The fraction of sp³-hybridized carbons (Fsp3) is 0.571. The first-order valence-electron chi connectivity index (χ1n) is 10.6. The van der Waals surface area contributed by atoms with Crippen LogP contribution in [0.3, 0.4) is 0 Å². The Morgan fingerprint density at radius 1 is 1.25 bits per heavy atom. The fourth-order valence-corrected chi connectivity index (χ4v) is 4.51. The predicted octanol–water partition coefficient (Wildman–Crippen LogP) is 2.31. The number of piperidine rings is 1. The van der Waals surface area contributed by atoms with Crippen molar-refractivity contribution in [1.82, 2.24) is 15.0 Å². The van der Waals surface area contributed by atoms with E-state index < -0.39 is 6.61 Å². The zero-order valence-electron chi connectivity index (χ0n) is 18.0. The van der Waals surface area contributed by atoms with Crippen molar-refractivity contribution in [2.75, 3.05) is 48.9 Å². The van der Waals surface area contributed by atoms with Crippen molar-refractivity contribution in [3.05, 3.63) is 18.3 Å². The molecule has 2 bridgehead atoms. The van der Waals surface area contributed by atoms with Crippen LogP contribution in [-0.4, -0.2) is 72.7 Å². The van der Waals surface area contributed by atoms with Gasteiger partial charge in [0, 0.05) is 31.5 Å². The van der Waals surface area contributed by atoms with E-state index in [-0.39, 0.29) is 29.3 Å². The van der Waals surface area contributed by atoms with E-state index in [1.807, 2.05) is 17.9 Å². The lowest BCUT2D eigenvalue weighted by Crippen LogP contribution is -2.61. The highest BCUT2D eigenvalue weighted by molar-refractivity contribution is 5.68. The molecule has 0 saturated carbocycles. The lowest BCUT2D eigenvalue weighted by atomic mass is 9.96. The van der Waals surface area contributed by atoms with Gasteiger partial charge in [0.2, 0.25) is 5.95 Å². The van der Waals surface area contributed by atoms with Crippen molar-refractivity contribution >= 4 is 17.6 Å². The van der Waals surface area contributed by atoms with Crippen molar-refractivity contribution in [2.24, 2.45) is 0 Å². The van der Waals surface area contributed by atoms with Gasteiger partial charge in [-0.3, -0.25) is 0 Å². The maximum Gasteiger partial charge on any atom is 0.387 e. The molecule has 0 aromatic carbocycles. The van der Waals surface area contributed by atoms with Crippen LogP contribution in [0.1, 0.15) is 19.8 Å². The molecule has 4 saturated heterocycles. The first-order valence-corrected chi connectivity index (χ1v) is 10.6. The van der Waals surface area contributed by atoms with Crippen LogP contribution in [0, 0.1) is 0 Å². The normalized spacial score (nSPS) is 24.0. The van der Waals surface area contributed by atoms with Crippen molar-refractivity contribution in [1.29, 1.82) is 0 Å². The molecule has 32 heavy (non-hydrogen) atoms. The van der Waals surface area contributed by atoms with Crippen LogP contribution in [-0.2, 0) is 9.47 Å². The number of alkyl halides is 2. The molecule has 2 N–H and O–H groups in total. The smallest absolute Gasteiger partial charge is 0.387 e. The standard InChI is InChI=1S/C21H26F2N6O3/c1-21(30-2)10-28(11-21)20-26-15(12-5-16(32-19(22)23)18(24)25-7-12)6-17(27-20)29-8-14-4-3-13(29)9-31-14/h5-7,13-14,19H,3-4,8-11H2,1-2H3,(H2,24,25)/t13-,14-/m0/s1. The van der Waals surface area contributed by atoms with Gasteiger partial charge in [0.15, 0.2) is 11.6 Å². The molecule has 6 heterocycles.